The van der Waals surface area contributed by atoms with Crippen LogP contribution in [-0.2, 0) is 7.05 Å². The zero-order valence-electron chi connectivity index (χ0n) is 16.5. The highest BCUT2D eigenvalue weighted by molar-refractivity contribution is 5.98. The monoisotopic (exact) mass is 389 g/mol. The predicted molar refractivity (Wildman–Crippen MR) is 107 cm³/mol. The highest BCUT2D eigenvalue weighted by Crippen LogP contribution is 2.40. The fraction of sp³-hybridized carbons (Fsp3) is 0.364. The summed E-state index contributed by atoms with van der Waals surface area (Å²) < 4.78 is 8.06. The van der Waals surface area contributed by atoms with Crippen LogP contribution in [0.5, 0.6) is 5.88 Å². The zero-order valence-corrected chi connectivity index (χ0v) is 16.5. The Morgan fingerprint density at radius 1 is 1.14 bits per heavy atom. The standard InChI is InChI=1S/C22H23N5O2/c1-14-5-6-19(25-12-14)29-18-11-15-10-17(18)27(13-15)22(28)20-16(4-3-7-23-20)21-24-8-9-26(21)2/h3-9,12,15,17-18H,10-11,13H2,1-2H3. The van der Waals surface area contributed by atoms with Gasteiger partial charge < -0.3 is 14.2 Å². The van der Waals surface area contributed by atoms with Crippen LogP contribution in [0.4, 0.5) is 0 Å². The van der Waals surface area contributed by atoms with E-state index < -0.39 is 0 Å². The summed E-state index contributed by atoms with van der Waals surface area (Å²) in [6.07, 6.45) is 8.95. The maximum Gasteiger partial charge on any atom is 0.273 e. The molecule has 3 atom stereocenters. The van der Waals surface area contributed by atoms with Gasteiger partial charge in [0.05, 0.1) is 6.04 Å². The van der Waals surface area contributed by atoms with Gasteiger partial charge in [0.1, 0.15) is 17.6 Å². The molecule has 2 aliphatic rings. The van der Waals surface area contributed by atoms with E-state index in [0.29, 0.717) is 17.5 Å². The number of carbonyl (C=O) groups is 1. The van der Waals surface area contributed by atoms with Gasteiger partial charge in [0.15, 0.2) is 0 Å². The van der Waals surface area contributed by atoms with Crippen LogP contribution >= 0.6 is 0 Å². The highest BCUT2D eigenvalue weighted by atomic mass is 16.5. The van der Waals surface area contributed by atoms with Crippen molar-refractivity contribution in [2.24, 2.45) is 13.0 Å². The van der Waals surface area contributed by atoms with Crippen molar-refractivity contribution in [1.82, 2.24) is 24.4 Å². The number of likely N-dealkylation sites (tertiary alicyclic amines) is 1. The van der Waals surface area contributed by atoms with E-state index in [0.717, 1.165) is 36.3 Å². The van der Waals surface area contributed by atoms with E-state index >= 15 is 0 Å². The number of hydrogen-bond acceptors (Lipinski definition) is 5. The van der Waals surface area contributed by atoms with Gasteiger partial charge in [-0.05, 0) is 43.4 Å². The van der Waals surface area contributed by atoms with Gasteiger partial charge in [0.2, 0.25) is 5.88 Å². The van der Waals surface area contributed by atoms with Crippen molar-refractivity contribution in [1.29, 1.82) is 0 Å². The lowest BCUT2D eigenvalue weighted by Crippen LogP contribution is -2.47. The lowest BCUT2D eigenvalue weighted by molar-refractivity contribution is 0.0462. The SMILES string of the molecule is Cc1ccc(OC2CC3CC2N(C(=O)c2ncccc2-c2nccn2C)C3)nc1. The minimum Gasteiger partial charge on any atom is -0.472 e. The predicted octanol–water partition coefficient (Wildman–Crippen LogP) is 2.87. The highest BCUT2D eigenvalue weighted by Gasteiger charge is 2.49. The third-order valence-electron chi connectivity index (χ3n) is 5.91. The number of carbonyl (C=O) groups excluding carboxylic acids is 1. The molecule has 7 heteroatoms. The molecule has 1 saturated heterocycles. The first-order valence-electron chi connectivity index (χ1n) is 9.93. The number of ether oxygens (including phenoxy) is 1. The van der Waals surface area contributed by atoms with Crippen molar-refractivity contribution in [3.8, 4) is 17.3 Å². The number of fused-ring (bicyclic) bond motifs is 2. The topological polar surface area (TPSA) is 73.1 Å². The molecular weight excluding hydrogens is 366 g/mol. The van der Waals surface area contributed by atoms with E-state index in [1.807, 2.05) is 53.9 Å². The molecule has 4 heterocycles. The van der Waals surface area contributed by atoms with Crippen LogP contribution in [0.25, 0.3) is 11.4 Å². The molecule has 3 aromatic rings. The van der Waals surface area contributed by atoms with E-state index in [4.69, 9.17) is 4.74 Å². The molecule has 5 rings (SSSR count). The number of amides is 1. The minimum absolute atomic E-state index is 0.0340. The molecule has 0 N–H and O–H groups in total. The van der Waals surface area contributed by atoms with Gasteiger partial charge >= 0.3 is 0 Å². The third-order valence-corrected chi connectivity index (χ3v) is 5.91. The Kier molecular flexibility index (Phi) is 4.30. The lowest BCUT2D eigenvalue weighted by atomic mass is 10.1. The summed E-state index contributed by atoms with van der Waals surface area (Å²) in [5.74, 6) is 1.76. The van der Waals surface area contributed by atoms with Gasteiger partial charge in [0.25, 0.3) is 5.91 Å². The smallest absolute Gasteiger partial charge is 0.273 e. The quantitative estimate of drug-likeness (QED) is 0.686. The Labute approximate surface area is 169 Å². The first kappa shape index (κ1) is 17.8. The largest absolute Gasteiger partial charge is 0.472 e. The van der Waals surface area contributed by atoms with Crippen LogP contribution < -0.4 is 4.74 Å². The Hall–Kier alpha value is -3.22. The fourth-order valence-corrected chi connectivity index (χ4v) is 4.52. The van der Waals surface area contributed by atoms with Crippen LogP contribution in [0, 0.1) is 12.8 Å². The lowest BCUT2D eigenvalue weighted by Gasteiger charge is -2.33. The molecule has 29 heavy (non-hydrogen) atoms. The van der Waals surface area contributed by atoms with Crippen molar-refractivity contribution in [2.45, 2.75) is 31.9 Å². The van der Waals surface area contributed by atoms with Crippen molar-refractivity contribution >= 4 is 5.91 Å². The van der Waals surface area contributed by atoms with Crippen LogP contribution in [0.3, 0.4) is 0 Å². The number of imidazole rings is 1. The second-order valence-electron chi connectivity index (χ2n) is 7.95. The summed E-state index contributed by atoms with van der Waals surface area (Å²) >= 11 is 0. The molecule has 1 amide bonds. The van der Waals surface area contributed by atoms with Crippen molar-refractivity contribution in [3.63, 3.8) is 0 Å². The van der Waals surface area contributed by atoms with E-state index in [1.165, 1.54) is 0 Å². The van der Waals surface area contributed by atoms with Crippen LogP contribution in [-0.4, -0.2) is 49.0 Å². The minimum atomic E-state index is -0.0544. The average molecular weight is 389 g/mol. The summed E-state index contributed by atoms with van der Waals surface area (Å²) in [4.78, 5) is 28.6. The number of hydrogen-bond donors (Lipinski definition) is 0. The third kappa shape index (κ3) is 3.16. The molecule has 2 bridgehead atoms. The van der Waals surface area contributed by atoms with Crippen LogP contribution in [0.1, 0.15) is 28.9 Å². The maximum atomic E-state index is 13.5. The van der Waals surface area contributed by atoms with Crippen molar-refractivity contribution < 1.29 is 9.53 Å². The number of nitrogens with zero attached hydrogens (tertiary/aromatic N) is 5. The molecule has 7 nitrogen and oxygen atoms in total. The van der Waals surface area contributed by atoms with Crippen molar-refractivity contribution in [2.75, 3.05) is 6.54 Å². The number of piperidine rings is 1. The molecule has 2 fully saturated rings. The molecule has 1 aliphatic carbocycles. The first-order valence-corrected chi connectivity index (χ1v) is 9.93. The summed E-state index contributed by atoms with van der Waals surface area (Å²) in [6, 6.07) is 7.68. The molecule has 148 valence electrons. The normalized spacial score (nSPS) is 22.8. The molecule has 0 radical (unpaired) electrons. The average Bonchev–Trinajstić information content (AvgIpc) is 3.45. The van der Waals surface area contributed by atoms with Crippen LogP contribution in [0.2, 0.25) is 0 Å². The molecular formula is C22H23N5O2. The van der Waals surface area contributed by atoms with E-state index in [2.05, 4.69) is 15.0 Å². The second kappa shape index (κ2) is 6.99. The van der Waals surface area contributed by atoms with Gasteiger partial charge in [-0.2, -0.15) is 0 Å². The number of rotatable bonds is 4. The molecule has 3 aromatic heterocycles. The molecule has 1 saturated carbocycles. The summed E-state index contributed by atoms with van der Waals surface area (Å²) in [5, 5.41) is 0. The Morgan fingerprint density at radius 2 is 2.03 bits per heavy atom. The van der Waals surface area contributed by atoms with Gasteiger partial charge in [-0.25, -0.2) is 9.97 Å². The van der Waals surface area contributed by atoms with Gasteiger partial charge in [-0.3, -0.25) is 9.78 Å². The molecule has 3 unspecified atom stereocenters. The van der Waals surface area contributed by atoms with Crippen molar-refractivity contribution in [3.05, 3.63) is 60.3 Å². The Morgan fingerprint density at radius 3 is 2.76 bits per heavy atom. The number of aromatic nitrogens is 4. The Balaban J connectivity index is 1.40. The second-order valence-corrected chi connectivity index (χ2v) is 7.95. The van der Waals surface area contributed by atoms with E-state index in [1.54, 1.807) is 18.6 Å². The Bertz CT molecular complexity index is 1050. The molecule has 1 aliphatic heterocycles. The van der Waals surface area contributed by atoms with Gasteiger partial charge in [-0.15, -0.1) is 0 Å². The first-order chi connectivity index (χ1) is 14.1. The van der Waals surface area contributed by atoms with E-state index in [9.17, 15) is 4.79 Å². The molecule has 0 spiro atoms. The van der Waals surface area contributed by atoms with Gasteiger partial charge in [0, 0.05) is 50.0 Å². The molecule has 0 aromatic carbocycles. The fourth-order valence-electron chi connectivity index (χ4n) is 4.52. The van der Waals surface area contributed by atoms with E-state index in [-0.39, 0.29) is 18.1 Å². The van der Waals surface area contributed by atoms with Gasteiger partial charge in [-0.1, -0.05) is 6.07 Å². The summed E-state index contributed by atoms with van der Waals surface area (Å²) in [7, 11) is 1.92. The zero-order chi connectivity index (χ0) is 20.0. The number of aryl methyl sites for hydroxylation is 2. The summed E-state index contributed by atoms with van der Waals surface area (Å²) in [6.45, 7) is 2.75. The van der Waals surface area contributed by atoms with Crippen LogP contribution in [0.15, 0.2) is 49.1 Å². The maximum absolute atomic E-state index is 13.5. The number of pyridine rings is 2. The summed E-state index contributed by atoms with van der Waals surface area (Å²) in [5.41, 5.74) is 2.30.